The SMILES string of the molecule is CC(Sc1ncc(-c2ccccc2)n1CC(F)(F)F)C(=O)NC1CCS(=O)(=O)C1. The molecule has 0 aliphatic carbocycles. The Kier molecular flexibility index (Phi) is 6.27. The number of carbonyl (C=O) groups is 1. The van der Waals surface area contributed by atoms with Crippen LogP contribution >= 0.6 is 11.8 Å². The highest BCUT2D eigenvalue weighted by atomic mass is 32.2. The molecule has 11 heteroatoms. The molecule has 0 radical (unpaired) electrons. The number of alkyl halides is 3. The highest BCUT2D eigenvalue weighted by Crippen LogP contribution is 2.31. The summed E-state index contributed by atoms with van der Waals surface area (Å²) < 4.78 is 63.5. The van der Waals surface area contributed by atoms with E-state index in [1.807, 2.05) is 0 Å². The summed E-state index contributed by atoms with van der Waals surface area (Å²) in [5.74, 6) is -0.521. The first-order valence-electron chi connectivity index (χ1n) is 8.89. The standard InChI is InChI=1S/C18H20F3N3O3S2/c1-12(16(25)23-14-7-8-29(26,27)10-14)28-17-22-9-15(13-5-3-2-4-6-13)24(17)11-18(19,20)21/h2-6,9,12,14H,7-8,10-11H2,1H3,(H,23,25). The number of halogens is 3. The second-order valence-electron chi connectivity index (χ2n) is 6.86. The second-order valence-corrected chi connectivity index (χ2v) is 10.4. The first-order chi connectivity index (χ1) is 13.5. The highest BCUT2D eigenvalue weighted by Gasteiger charge is 2.33. The number of nitrogens with zero attached hydrogens (tertiary/aromatic N) is 2. The van der Waals surface area contributed by atoms with Crippen molar-refractivity contribution in [3.05, 3.63) is 36.5 Å². The van der Waals surface area contributed by atoms with Gasteiger partial charge in [-0.25, -0.2) is 13.4 Å². The number of hydrogen-bond donors (Lipinski definition) is 1. The van der Waals surface area contributed by atoms with E-state index >= 15 is 0 Å². The Balaban J connectivity index is 1.77. The number of aromatic nitrogens is 2. The van der Waals surface area contributed by atoms with E-state index in [1.165, 1.54) is 6.20 Å². The normalized spacial score (nSPS) is 19.8. The predicted molar refractivity (Wildman–Crippen MR) is 104 cm³/mol. The number of benzene rings is 1. The van der Waals surface area contributed by atoms with Gasteiger partial charge in [0.25, 0.3) is 0 Å². The van der Waals surface area contributed by atoms with E-state index in [2.05, 4.69) is 10.3 Å². The van der Waals surface area contributed by atoms with Gasteiger partial charge in [-0.05, 0) is 18.9 Å². The molecule has 3 rings (SSSR count). The molecular weight excluding hydrogens is 427 g/mol. The third-order valence-electron chi connectivity index (χ3n) is 4.46. The van der Waals surface area contributed by atoms with E-state index in [0.29, 0.717) is 17.7 Å². The van der Waals surface area contributed by atoms with Gasteiger partial charge in [0, 0.05) is 6.04 Å². The monoisotopic (exact) mass is 447 g/mol. The van der Waals surface area contributed by atoms with Crippen molar-refractivity contribution in [2.24, 2.45) is 0 Å². The fourth-order valence-electron chi connectivity index (χ4n) is 3.06. The van der Waals surface area contributed by atoms with Crippen LogP contribution in [0.1, 0.15) is 13.3 Å². The van der Waals surface area contributed by atoms with E-state index < -0.39 is 39.8 Å². The minimum absolute atomic E-state index is 0.0237. The lowest BCUT2D eigenvalue weighted by molar-refractivity contribution is -0.141. The molecule has 0 spiro atoms. The van der Waals surface area contributed by atoms with Gasteiger partial charge in [-0.2, -0.15) is 13.2 Å². The molecule has 1 aromatic carbocycles. The van der Waals surface area contributed by atoms with Gasteiger partial charge in [-0.3, -0.25) is 4.79 Å². The Morgan fingerprint density at radius 1 is 1.34 bits per heavy atom. The van der Waals surface area contributed by atoms with Crippen LogP contribution in [-0.4, -0.2) is 52.8 Å². The Morgan fingerprint density at radius 3 is 2.62 bits per heavy atom. The molecule has 1 saturated heterocycles. The average Bonchev–Trinajstić information content (AvgIpc) is 3.17. The number of nitrogens with one attached hydrogen (secondary N) is 1. The summed E-state index contributed by atoms with van der Waals surface area (Å²) in [6.07, 6.45) is -2.76. The van der Waals surface area contributed by atoms with Crippen molar-refractivity contribution >= 4 is 27.5 Å². The third kappa shape index (κ3) is 5.75. The van der Waals surface area contributed by atoms with E-state index in [-0.39, 0.29) is 16.7 Å². The Morgan fingerprint density at radius 2 is 2.03 bits per heavy atom. The van der Waals surface area contributed by atoms with Crippen LogP contribution in [0.4, 0.5) is 13.2 Å². The molecule has 1 aliphatic heterocycles. The Hall–Kier alpha value is -2.01. The smallest absolute Gasteiger partial charge is 0.351 e. The van der Waals surface area contributed by atoms with Gasteiger partial charge >= 0.3 is 6.18 Å². The van der Waals surface area contributed by atoms with E-state index in [0.717, 1.165) is 16.3 Å². The van der Waals surface area contributed by atoms with Gasteiger partial charge < -0.3 is 9.88 Å². The number of amides is 1. The largest absolute Gasteiger partial charge is 0.406 e. The van der Waals surface area contributed by atoms with Gasteiger partial charge in [0.05, 0.1) is 28.6 Å². The predicted octanol–water partition coefficient (Wildman–Crippen LogP) is 2.90. The zero-order valence-corrected chi connectivity index (χ0v) is 17.1. The lowest BCUT2D eigenvalue weighted by Gasteiger charge is -2.17. The molecule has 2 atom stereocenters. The molecule has 1 aliphatic rings. The van der Waals surface area contributed by atoms with Gasteiger partial charge in [0.1, 0.15) is 6.54 Å². The molecule has 0 bridgehead atoms. The molecule has 2 aromatic rings. The maximum atomic E-state index is 13.1. The van der Waals surface area contributed by atoms with E-state index in [9.17, 15) is 26.4 Å². The average molecular weight is 448 g/mol. The summed E-state index contributed by atoms with van der Waals surface area (Å²) in [6.45, 7) is 0.326. The number of hydrogen-bond acceptors (Lipinski definition) is 5. The van der Waals surface area contributed by atoms with Crippen molar-refractivity contribution in [2.75, 3.05) is 11.5 Å². The zero-order chi connectivity index (χ0) is 21.2. The lowest BCUT2D eigenvalue weighted by atomic mass is 10.2. The molecule has 1 aromatic heterocycles. The summed E-state index contributed by atoms with van der Waals surface area (Å²) in [6, 6.07) is 8.12. The molecule has 0 saturated carbocycles. The second kappa shape index (κ2) is 8.39. The Labute approximate surface area is 170 Å². The van der Waals surface area contributed by atoms with Gasteiger partial charge in [-0.1, -0.05) is 42.1 Å². The van der Waals surface area contributed by atoms with Crippen LogP contribution in [0.15, 0.2) is 41.7 Å². The van der Waals surface area contributed by atoms with Crippen molar-refractivity contribution in [3.8, 4) is 11.3 Å². The summed E-state index contributed by atoms with van der Waals surface area (Å²) in [7, 11) is -3.14. The summed E-state index contributed by atoms with van der Waals surface area (Å²) in [4.78, 5) is 16.5. The molecule has 6 nitrogen and oxygen atoms in total. The molecular formula is C18H20F3N3O3S2. The van der Waals surface area contributed by atoms with Crippen LogP contribution in [-0.2, 0) is 21.2 Å². The quantitative estimate of drug-likeness (QED) is 0.689. The van der Waals surface area contributed by atoms with Crippen LogP contribution in [0.2, 0.25) is 0 Å². The van der Waals surface area contributed by atoms with Crippen molar-refractivity contribution in [3.63, 3.8) is 0 Å². The van der Waals surface area contributed by atoms with E-state index in [4.69, 9.17) is 0 Å². The number of carbonyl (C=O) groups excluding carboxylic acids is 1. The van der Waals surface area contributed by atoms with Crippen molar-refractivity contribution in [1.82, 2.24) is 14.9 Å². The van der Waals surface area contributed by atoms with Crippen molar-refractivity contribution in [2.45, 2.75) is 42.5 Å². The van der Waals surface area contributed by atoms with Crippen LogP contribution in [0.25, 0.3) is 11.3 Å². The molecule has 1 amide bonds. The number of rotatable bonds is 6. The third-order valence-corrected chi connectivity index (χ3v) is 7.33. The lowest BCUT2D eigenvalue weighted by Crippen LogP contribution is -2.40. The Bertz CT molecular complexity index is 975. The first-order valence-corrected chi connectivity index (χ1v) is 11.6. The summed E-state index contributed by atoms with van der Waals surface area (Å²) in [5, 5.41) is 2.00. The minimum Gasteiger partial charge on any atom is -0.351 e. The summed E-state index contributed by atoms with van der Waals surface area (Å²) in [5.41, 5.74) is 0.893. The van der Waals surface area contributed by atoms with Crippen molar-refractivity contribution in [1.29, 1.82) is 0 Å². The number of imidazole rings is 1. The van der Waals surface area contributed by atoms with E-state index in [1.54, 1.807) is 37.3 Å². The number of sulfone groups is 1. The van der Waals surface area contributed by atoms with Crippen molar-refractivity contribution < 1.29 is 26.4 Å². The molecule has 158 valence electrons. The van der Waals surface area contributed by atoms with Crippen LogP contribution < -0.4 is 5.32 Å². The molecule has 29 heavy (non-hydrogen) atoms. The fourth-order valence-corrected chi connectivity index (χ4v) is 5.63. The maximum absolute atomic E-state index is 13.1. The van der Waals surface area contributed by atoms with Gasteiger partial charge in [0.2, 0.25) is 5.91 Å². The topological polar surface area (TPSA) is 81.1 Å². The number of thioether (sulfide) groups is 1. The minimum atomic E-state index is -4.46. The first kappa shape index (κ1) is 21.7. The van der Waals surface area contributed by atoms with Gasteiger partial charge in [0.15, 0.2) is 15.0 Å². The van der Waals surface area contributed by atoms with Gasteiger partial charge in [-0.15, -0.1) is 0 Å². The highest BCUT2D eigenvalue weighted by molar-refractivity contribution is 8.00. The van der Waals surface area contributed by atoms with Crippen LogP contribution in [0.5, 0.6) is 0 Å². The van der Waals surface area contributed by atoms with Crippen LogP contribution in [0.3, 0.4) is 0 Å². The molecule has 1 N–H and O–H groups in total. The zero-order valence-electron chi connectivity index (χ0n) is 15.5. The summed E-state index contributed by atoms with van der Waals surface area (Å²) >= 11 is 0.908. The molecule has 2 unspecified atom stereocenters. The molecule has 2 heterocycles. The van der Waals surface area contributed by atoms with Crippen LogP contribution in [0, 0.1) is 0 Å². The maximum Gasteiger partial charge on any atom is 0.406 e. The fraction of sp³-hybridized carbons (Fsp3) is 0.444. The molecule has 1 fully saturated rings.